The molecule has 4 aromatic carbocycles. The average molecular weight is 731 g/mol. The average Bonchev–Trinajstić information content (AvgIpc) is 3.21. The summed E-state index contributed by atoms with van der Waals surface area (Å²) in [6, 6.07) is 35.9. The molecule has 0 unspecified atom stereocenters. The van der Waals surface area contributed by atoms with Crippen LogP contribution in [0, 0.1) is 0 Å². The molecule has 8 nitrogen and oxygen atoms in total. The highest BCUT2D eigenvalue weighted by Gasteiger charge is 2.24. The fourth-order valence-electron chi connectivity index (χ4n) is 7.74. The van der Waals surface area contributed by atoms with Gasteiger partial charge in [-0.2, -0.15) is 0 Å². The third-order valence-corrected chi connectivity index (χ3v) is 10.8. The van der Waals surface area contributed by atoms with E-state index in [2.05, 4.69) is 20.4 Å². The maximum atomic E-state index is 12.7. The molecule has 54 heavy (non-hydrogen) atoms. The number of unbranched alkanes of at least 4 members (excludes halogenated alkanes) is 7. The second-order valence-corrected chi connectivity index (χ2v) is 14.8. The van der Waals surface area contributed by atoms with Crippen LogP contribution in [0.3, 0.4) is 0 Å². The number of hydrogen-bond donors (Lipinski definition) is 2. The summed E-state index contributed by atoms with van der Waals surface area (Å²) in [6.07, 6.45) is 13.1. The predicted molar refractivity (Wildman–Crippen MR) is 220 cm³/mol. The van der Waals surface area contributed by atoms with Gasteiger partial charge in [0.25, 0.3) is 0 Å². The van der Waals surface area contributed by atoms with Crippen LogP contribution in [0.5, 0.6) is 0 Å². The van der Waals surface area contributed by atoms with Gasteiger partial charge in [0.2, 0.25) is 0 Å². The number of rotatable bonds is 17. The topological polar surface area (TPSA) is 83.1 Å². The second kappa shape index (κ2) is 21.3. The molecular weight excluding hydrogens is 673 g/mol. The first kappa shape index (κ1) is 39.0. The van der Waals surface area contributed by atoms with Gasteiger partial charge >= 0.3 is 12.2 Å². The summed E-state index contributed by atoms with van der Waals surface area (Å²) in [5.74, 6) is 0. The van der Waals surface area contributed by atoms with Gasteiger partial charge in [-0.25, -0.2) is 9.59 Å². The van der Waals surface area contributed by atoms with Gasteiger partial charge in [0.05, 0.1) is 11.4 Å². The zero-order valence-electron chi connectivity index (χ0n) is 31.8. The van der Waals surface area contributed by atoms with Gasteiger partial charge in [0.1, 0.15) is 12.2 Å². The van der Waals surface area contributed by atoms with Gasteiger partial charge in [-0.05, 0) is 74.9 Å². The molecule has 2 N–H and O–H groups in total. The van der Waals surface area contributed by atoms with Crippen LogP contribution in [0.15, 0.2) is 109 Å². The van der Waals surface area contributed by atoms with Crippen molar-refractivity contribution >= 4 is 23.6 Å². The summed E-state index contributed by atoms with van der Waals surface area (Å²) in [7, 11) is 0. The third kappa shape index (κ3) is 12.5. The molecule has 0 radical (unpaired) electrons. The number of anilines is 2. The molecule has 0 bridgehead atoms. The van der Waals surface area contributed by atoms with E-state index in [1.165, 1.54) is 51.4 Å². The number of benzene rings is 4. The molecule has 0 spiro atoms. The number of carbonyl (C=O) groups is 2. The lowest BCUT2D eigenvalue weighted by Crippen LogP contribution is -2.38. The Morgan fingerprint density at radius 3 is 1.19 bits per heavy atom. The van der Waals surface area contributed by atoms with Crippen molar-refractivity contribution in [3.8, 4) is 22.3 Å². The minimum atomic E-state index is -0.368. The Balaban J connectivity index is 0.743. The molecule has 286 valence electrons. The van der Waals surface area contributed by atoms with Crippen molar-refractivity contribution < 1.29 is 19.1 Å². The van der Waals surface area contributed by atoms with Crippen molar-refractivity contribution in [1.82, 2.24) is 9.80 Å². The Kier molecular flexibility index (Phi) is 15.4. The SMILES string of the molecule is O=C(Nc1ccccc1-c1ccccc1)OC1CCN(CCCCCCCCCCN2CCC(OC(=O)Nc3ccccc3-c3ccccc3)CC2)CC1. The maximum Gasteiger partial charge on any atom is 0.411 e. The molecule has 2 aliphatic heterocycles. The zero-order chi connectivity index (χ0) is 37.2. The number of carbonyl (C=O) groups excluding carboxylic acids is 2. The standard InChI is InChI=1S/C46H58N4O4/c51-45(47-43-25-15-13-23-41(43)37-19-9-7-10-20-37)53-39-27-33-49(34-28-39)31-17-5-3-1-2-4-6-18-32-50-35-29-40(30-36-50)54-46(52)48-44-26-16-14-24-42(44)38-21-11-8-12-22-38/h7-16,19-26,39-40H,1-6,17-18,27-36H2,(H,47,51)(H,48,52). The van der Waals surface area contributed by atoms with Crippen LogP contribution < -0.4 is 10.6 Å². The van der Waals surface area contributed by atoms with Crippen molar-refractivity contribution in [2.75, 3.05) is 49.9 Å². The molecule has 0 aromatic heterocycles. The molecule has 2 saturated heterocycles. The van der Waals surface area contributed by atoms with Crippen molar-refractivity contribution in [1.29, 1.82) is 0 Å². The van der Waals surface area contributed by atoms with E-state index in [1.54, 1.807) is 0 Å². The normalized spacial score (nSPS) is 15.8. The van der Waals surface area contributed by atoms with E-state index >= 15 is 0 Å². The number of piperidine rings is 2. The van der Waals surface area contributed by atoms with E-state index < -0.39 is 0 Å². The van der Waals surface area contributed by atoms with Crippen LogP contribution >= 0.6 is 0 Å². The minimum absolute atomic E-state index is 0.0287. The van der Waals surface area contributed by atoms with E-state index in [0.29, 0.717) is 0 Å². The number of hydrogen-bond acceptors (Lipinski definition) is 6. The van der Waals surface area contributed by atoms with E-state index in [-0.39, 0.29) is 24.4 Å². The first-order valence-corrected chi connectivity index (χ1v) is 20.3. The summed E-state index contributed by atoms with van der Waals surface area (Å²) < 4.78 is 11.6. The van der Waals surface area contributed by atoms with Crippen LogP contribution in [0.4, 0.5) is 21.0 Å². The summed E-state index contributed by atoms with van der Waals surface area (Å²) in [5.41, 5.74) is 5.67. The lowest BCUT2D eigenvalue weighted by atomic mass is 10.0. The number of ether oxygens (including phenoxy) is 2. The van der Waals surface area contributed by atoms with Gasteiger partial charge in [-0.3, -0.25) is 10.6 Å². The molecule has 0 aliphatic carbocycles. The molecule has 0 atom stereocenters. The van der Waals surface area contributed by atoms with E-state index in [4.69, 9.17) is 9.47 Å². The molecule has 2 fully saturated rings. The third-order valence-electron chi connectivity index (χ3n) is 10.8. The van der Waals surface area contributed by atoms with Crippen LogP contribution in [-0.2, 0) is 9.47 Å². The monoisotopic (exact) mass is 730 g/mol. The second-order valence-electron chi connectivity index (χ2n) is 14.8. The Bertz CT molecular complexity index is 1580. The highest BCUT2D eigenvalue weighted by Crippen LogP contribution is 2.29. The lowest BCUT2D eigenvalue weighted by molar-refractivity contribution is 0.0578. The number of nitrogens with one attached hydrogen (secondary N) is 2. The van der Waals surface area contributed by atoms with E-state index in [9.17, 15) is 9.59 Å². The summed E-state index contributed by atoms with van der Waals surface area (Å²) >= 11 is 0. The Labute approximate surface area is 322 Å². The number of para-hydroxylation sites is 2. The first-order valence-electron chi connectivity index (χ1n) is 20.3. The molecule has 2 aliphatic rings. The van der Waals surface area contributed by atoms with E-state index in [1.807, 2.05) is 109 Å². The molecule has 0 saturated carbocycles. The van der Waals surface area contributed by atoms with Crippen molar-refractivity contribution in [2.24, 2.45) is 0 Å². The molecule has 2 heterocycles. The maximum absolute atomic E-state index is 12.7. The fraction of sp³-hybridized carbons (Fsp3) is 0.435. The molecule has 8 heteroatoms. The summed E-state index contributed by atoms with van der Waals surface area (Å²) in [5, 5.41) is 5.95. The van der Waals surface area contributed by atoms with Crippen LogP contribution in [-0.4, -0.2) is 73.5 Å². The van der Waals surface area contributed by atoms with Crippen LogP contribution in [0.1, 0.15) is 77.0 Å². The van der Waals surface area contributed by atoms with Gasteiger partial charge in [-0.1, -0.05) is 136 Å². The van der Waals surface area contributed by atoms with Crippen molar-refractivity contribution in [2.45, 2.75) is 89.3 Å². The highest BCUT2D eigenvalue weighted by atomic mass is 16.6. The smallest absolute Gasteiger partial charge is 0.411 e. The zero-order valence-corrected chi connectivity index (χ0v) is 31.8. The van der Waals surface area contributed by atoms with E-state index in [0.717, 1.165) is 98.6 Å². The minimum Gasteiger partial charge on any atom is -0.446 e. The number of likely N-dealkylation sites (tertiary alicyclic amines) is 2. The summed E-state index contributed by atoms with van der Waals surface area (Å²) in [4.78, 5) is 30.5. The van der Waals surface area contributed by atoms with Crippen molar-refractivity contribution in [3.05, 3.63) is 109 Å². The van der Waals surface area contributed by atoms with Crippen LogP contribution in [0.25, 0.3) is 22.3 Å². The first-order chi connectivity index (χ1) is 26.6. The predicted octanol–water partition coefficient (Wildman–Crippen LogP) is 10.9. The Morgan fingerprint density at radius 1 is 0.463 bits per heavy atom. The molecule has 6 rings (SSSR count). The fourth-order valence-corrected chi connectivity index (χ4v) is 7.74. The Hall–Kier alpha value is -4.66. The van der Waals surface area contributed by atoms with Gasteiger partial charge in [0, 0.05) is 37.3 Å². The van der Waals surface area contributed by atoms with Crippen LogP contribution in [0.2, 0.25) is 0 Å². The number of amides is 2. The largest absolute Gasteiger partial charge is 0.446 e. The quantitative estimate of drug-likeness (QED) is 0.105. The molecular formula is C46H58N4O4. The lowest BCUT2D eigenvalue weighted by Gasteiger charge is -2.31. The summed E-state index contributed by atoms with van der Waals surface area (Å²) in [6.45, 7) is 6.23. The molecule has 2 amide bonds. The highest BCUT2D eigenvalue weighted by molar-refractivity contribution is 5.92. The Morgan fingerprint density at radius 2 is 0.796 bits per heavy atom. The van der Waals surface area contributed by atoms with Crippen molar-refractivity contribution in [3.63, 3.8) is 0 Å². The van der Waals surface area contributed by atoms with Gasteiger partial charge in [-0.15, -0.1) is 0 Å². The van der Waals surface area contributed by atoms with Gasteiger partial charge < -0.3 is 19.3 Å². The molecule has 4 aromatic rings. The number of nitrogens with zero attached hydrogens (tertiary/aromatic N) is 2. The van der Waals surface area contributed by atoms with Gasteiger partial charge in [0.15, 0.2) is 0 Å².